The van der Waals surface area contributed by atoms with Crippen LogP contribution in [0.3, 0.4) is 0 Å². The summed E-state index contributed by atoms with van der Waals surface area (Å²) in [6.45, 7) is 8.61. The van der Waals surface area contributed by atoms with Crippen molar-refractivity contribution in [3.05, 3.63) is 65.2 Å². The number of thiocarbonyl (C=S) groups is 1. The molecule has 1 aliphatic heterocycles. The highest BCUT2D eigenvalue weighted by Crippen LogP contribution is 2.17. The van der Waals surface area contributed by atoms with Crippen LogP contribution < -0.4 is 10.6 Å². The number of nitrogens with one attached hydrogen (secondary N) is 2. The molecule has 3 rings (SSSR count). The van der Waals surface area contributed by atoms with E-state index in [9.17, 15) is 0 Å². The van der Waals surface area contributed by atoms with Crippen molar-refractivity contribution in [3.63, 3.8) is 0 Å². The van der Waals surface area contributed by atoms with Gasteiger partial charge in [-0.2, -0.15) is 0 Å². The molecule has 2 aromatic rings. The molecule has 0 aliphatic carbocycles. The molecule has 0 radical (unpaired) electrons. The first-order chi connectivity index (χ1) is 12.6. The van der Waals surface area contributed by atoms with Crippen LogP contribution in [-0.2, 0) is 4.74 Å². The molecule has 0 spiro atoms. The molecular formula is C21H27N3OS. The maximum Gasteiger partial charge on any atom is 0.171 e. The molecule has 1 atom stereocenters. The Morgan fingerprint density at radius 2 is 1.81 bits per heavy atom. The number of hydrogen-bond acceptors (Lipinski definition) is 3. The molecule has 4 nitrogen and oxygen atoms in total. The van der Waals surface area contributed by atoms with Crippen LogP contribution in [0.25, 0.3) is 0 Å². The molecule has 2 aromatic carbocycles. The first-order valence-corrected chi connectivity index (χ1v) is 9.52. The molecule has 0 amide bonds. The Morgan fingerprint density at radius 1 is 1.08 bits per heavy atom. The van der Waals surface area contributed by atoms with E-state index in [-0.39, 0.29) is 6.04 Å². The van der Waals surface area contributed by atoms with E-state index in [1.54, 1.807) is 0 Å². The van der Waals surface area contributed by atoms with Gasteiger partial charge in [-0.05, 0) is 49.3 Å². The van der Waals surface area contributed by atoms with Crippen LogP contribution in [0.4, 0.5) is 5.69 Å². The largest absolute Gasteiger partial charge is 0.379 e. The first-order valence-electron chi connectivity index (χ1n) is 9.11. The van der Waals surface area contributed by atoms with E-state index in [1.165, 1.54) is 16.7 Å². The Morgan fingerprint density at radius 3 is 2.50 bits per heavy atom. The molecule has 2 N–H and O–H groups in total. The number of aryl methyl sites for hydroxylation is 2. The van der Waals surface area contributed by atoms with E-state index in [0.29, 0.717) is 5.11 Å². The summed E-state index contributed by atoms with van der Waals surface area (Å²) >= 11 is 5.58. The number of benzene rings is 2. The molecule has 0 aromatic heterocycles. The normalized spacial score (nSPS) is 16.1. The SMILES string of the molecule is Cc1ccc([C@@H](CN2CCOCC2)NC(=S)Nc2cccc(C)c2)cc1. The lowest BCUT2D eigenvalue weighted by atomic mass is 10.0. The van der Waals surface area contributed by atoms with Crippen molar-refractivity contribution in [2.24, 2.45) is 0 Å². The van der Waals surface area contributed by atoms with Crippen molar-refractivity contribution in [2.75, 3.05) is 38.2 Å². The van der Waals surface area contributed by atoms with Gasteiger partial charge in [0.1, 0.15) is 0 Å². The number of hydrogen-bond donors (Lipinski definition) is 2. The highest BCUT2D eigenvalue weighted by Gasteiger charge is 2.19. The van der Waals surface area contributed by atoms with Crippen LogP contribution in [-0.4, -0.2) is 42.9 Å². The Hall–Kier alpha value is -1.95. The smallest absolute Gasteiger partial charge is 0.171 e. The van der Waals surface area contributed by atoms with Crippen molar-refractivity contribution in [2.45, 2.75) is 19.9 Å². The molecular weight excluding hydrogens is 342 g/mol. The fourth-order valence-corrected chi connectivity index (χ4v) is 3.38. The minimum Gasteiger partial charge on any atom is -0.379 e. The summed E-state index contributed by atoms with van der Waals surface area (Å²) in [4.78, 5) is 2.43. The van der Waals surface area contributed by atoms with E-state index >= 15 is 0 Å². The summed E-state index contributed by atoms with van der Waals surface area (Å²) in [5.74, 6) is 0. The highest BCUT2D eigenvalue weighted by molar-refractivity contribution is 7.80. The van der Waals surface area contributed by atoms with E-state index in [0.717, 1.165) is 38.5 Å². The van der Waals surface area contributed by atoms with Crippen LogP contribution in [0.5, 0.6) is 0 Å². The summed E-state index contributed by atoms with van der Waals surface area (Å²) in [5.41, 5.74) is 4.73. The van der Waals surface area contributed by atoms with E-state index < -0.39 is 0 Å². The topological polar surface area (TPSA) is 36.5 Å². The standard InChI is InChI=1S/C21H27N3OS/c1-16-6-8-18(9-7-16)20(15-24-10-12-25-13-11-24)23-21(26)22-19-5-3-4-17(2)14-19/h3-9,14,20H,10-13,15H2,1-2H3,(H2,22,23,26)/t20-/m1/s1. The Labute approximate surface area is 161 Å². The van der Waals surface area contributed by atoms with Crippen molar-refractivity contribution in [1.82, 2.24) is 10.2 Å². The molecule has 0 bridgehead atoms. The van der Waals surface area contributed by atoms with Crippen LogP contribution in [0, 0.1) is 13.8 Å². The predicted octanol–water partition coefficient (Wildman–Crippen LogP) is 3.66. The zero-order valence-electron chi connectivity index (χ0n) is 15.5. The minimum atomic E-state index is 0.138. The van der Waals surface area contributed by atoms with Crippen molar-refractivity contribution >= 4 is 23.0 Å². The first kappa shape index (κ1) is 18.8. The second kappa shape index (κ2) is 9.12. The van der Waals surface area contributed by atoms with Gasteiger partial charge in [-0.3, -0.25) is 4.90 Å². The molecule has 138 valence electrons. The zero-order valence-corrected chi connectivity index (χ0v) is 16.3. The van der Waals surface area contributed by atoms with Gasteiger partial charge in [0.05, 0.1) is 19.3 Å². The van der Waals surface area contributed by atoms with Gasteiger partial charge in [0.15, 0.2) is 5.11 Å². The molecule has 0 saturated carbocycles. The second-order valence-electron chi connectivity index (χ2n) is 6.84. The summed E-state index contributed by atoms with van der Waals surface area (Å²) < 4.78 is 5.47. The number of anilines is 1. The number of nitrogens with zero attached hydrogens (tertiary/aromatic N) is 1. The van der Waals surface area contributed by atoms with Gasteiger partial charge >= 0.3 is 0 Å². The molecule has 26 heavy (non-hydrogen) atoms. The van der Waals surface area contributed by atoms with Crippen molar-refractivity contribution < 1.29 is 4.74 Å². The third-order valence-corrected chi connectivity index (χ3v) is 4.83. The summed E-state index contributed by atoms with van der Waals surface area (Å²) in [6, 6.07) is 17.0. The maximum absolute atomic E-state index is 5.58. The van der Waals surface area contributed by atoms with Crippen molar-refractivity contribution in [3.8, 4) is 0 Å². The predicted molar refractivity (Wildman–Crippen MR) is 112 cm³/mol. The van der Waals surface area contributed by atoms with Gasteiger partial charge in [-0.1, -0.05) is 42.0 Å². The van der Waals surface area contributed by atoms with Gasteiger partial charge < -0.3 is 15.4 Å². The molecule has 0 unspecified atom stereocenters. The molecule has 1 saturated heterocycles. The molecule has 1 heterocycles. The molecule has 5 heteroatoms. The third kappa shape index (κ3) is 5.53. The minimum absolute atomic E-state index is 0.138. The van der Waals surface area contributed by atoms with Crippen LogP contribution in [0.2, 0.25) is 0 Å². The van der Waals surface area contributed by atoms with Gasteiger partial charge in [-0.15, -0.1) is 0 Å². The van der Waals surface area contributed by atoms with Gasteiger partial charge in [-0.25, -0.2) is 0 Å². The van der Waals surface area contributed by atoms with Crippen LogP contribution >= 0.6 is 12.2 Å². The van der Waals surface area contributed by atoms with Gasteiger partial charge in [0, 0.05) is 25.3 Å². The van der Waals surface area contributed by atoms with Gasteiger partial charge in [0.25, 0.3) is 0 Å². The van der Waals surface area contributed by atoms with Crippen molar-refractivity contribution in [1.29, 1.82) is 0 Å². The lowest BCUT2D eigenvalue weighted by molar-refractivity contribution is 0.0344. The lowest BCUT2D eigenvalue weighted by Crippen LogP contribution is -2.44. The van der Waals surface area contributed by atoms with E-state index in [1.807, 2.05) is 12.1 Å². The number of morpholine rings is 1. The fourth-order valence-electron chi connectivity index (χ4n) is 3.12. The Kier molecular flexibility index (Phi) is 6.61. The summed E-state index contributed by atoms with van der Waals surface area (Å²) in [6.07, 6.45) is 0. The van der Waals surface area contributed by atoms with Crippen LogP contribution in [0.15, 0.2) is 48.5 Å². The average molecular weight is 370 g/mol. The summed E-state index contributed by atoms with van der Waals surface area (Å²) in [5, 5.41) is 7.46. The second-order valence-corrected chi connectivity index (χ2v) is 7.25. The van der Waals surface area contributed by atoms with Crippen LogP contribution in [0.1, 0.15) is 22.7 Å². The monoisotopic (exact) mass is 369 g/mol. The van der Waals surface area contributed by atoms with E-state index in [2.05, 4.69) is 65.8 Å². The lowest BCUT2D eigenvalue weighted by Gasteiger charge is -2.31. The quantitative estimate of drug-likeness (QED) is 0.787. The number of ether oxygens (including phenoxy) is 1. The van der Waals surface area contributed by atoms with Gasteiger partial charge in [0.2, 0.25) is 0 Å². The molecule has 1 aliphatic rings. The van der Waals surface area contributed by atoms with E-state index in [4.69, 9.17) is 17.0 Å². The third-order valence-electron chi connectivity index (χ3n) is 4.61. The average Bonchev–Trinajstić information content (AvgIpc) is 2.63. The highest BCUT2D eigenvalue weighted by atomic mass is 32.1. The number of rotatable bonds is 5. The molecule has 1 fully saturated rings. The maximum atomic E-state index is 5.58. The fraction of sp³-hybridized carbons (Fsp3) is 0.381. The Balaban J connectivity index is 1.69. The Bertz CT molecular complexity index is 726. The summed E-state index contributed by atoms with van der Waals surface area (Å²) in [7, 11) is 0. The zero-order chi connectivity index (χ0) is 18.4.